The molecule has 1 saturated heterocycles. The molecule has 2 aliphatic heterocycles. The first-order valence-corrected chi connectivity index (χ1v) is 11.7. The van der Waals surface area contributed by atoms with Gasteiger partial charge in [-0.25, -0.2) is 4.98 Å². The van der Waals surface area contributed by atoms with Crippen molar-refractivity contribution < 1.29 is 23.7 Å². The number of anilines is 1. The maximum Gasteiger partial charge on any atom is 0.273 e. The van der Waals surface area contributed by atoms with E-state index in [0.717, 1.165) is 17.5 Å². The zero-order valence-corrected chi connectivity index (χ0v) is 19.3. The zero-order valence-electron chi connectivity index (χ0n) is 17.7. The van der Waals surface area contributed by atoms with E-state index >= 15 is 0 Å². The summed E-state index contributed by atoms with van der Waals surface area (Å²) < 4.78 is 24.1. The smallest absolute Gasteiger partial charge is 0.273 e. The standard InChI is InChI=1S/C23H23ClN2O5S/c1-13-20(31-17-8-4-3-7-16(17)30-13)22(27)26(12-14-6-5-11-29-14)23-25-19-18(28-2)10-9-15(24)21(19)32-23/h3-4,7-10,13-14,20H,5-6,11-12H2,1-2H3. The summed E-state index contributed by atoms with van der Waals surface area (Å²) in [6, 6.07) is 10.9. The van der Waals surface area contributed by atoms with Crippen molar-refractivity contribution in [3.63, 3.8) is 0 Å². The van der Waals surface area contributed by atoms with E-state index in [9.17, 15) is 4.79 Å². The lowest BCUT2D eigenvalue weighted by Crippen LogP contribution is -2.52. The number of hydrogen-bond donors (Lipinski definition) is 0. The lowest BCUT2D eigenvalue weighted by molar-refractivity contribution is -0.131. The van der Waals surface area contributed by atoms with Crippen LogP contribution in [0.5, 0.6) is 17.2 Å². The molecule has 3 unspecified atom stereocenters. The molecule has 1 amide bonds. The van der Waals surface area contributed by atoms with Gasteiger partial charge in [0, 0.05) is 6.61 Å². The highest BCUT2D eigenvalue weighted by Gasteiger charge is 2.39. The minimum atomic E-state index is -0.810. The molecule has 168 valence electrons. The predicted molar refractivity (Wildman–Crippen MR) is 123 cm³/mol. The quantitative estimate of drug-likeness (QED) is 0.534. The molecule has 0 aliphatic carbocycles. The molecule has 1 fully saturated rings. The number of aromatic nitrogens is 1. The van der Waals surface area contributed by atoms with Gasteiger partial charge in [0.2, 0.25) is 6.10 Å². The summed E-state index contributed by atoms with van der Waals surface area (Å²) in [7, 11) is 1.59. The molecule has 1 aromatic heterocycles. The van der Waals surface area contributed by atoms with Gasteiger partial charge in [0.25, 0.3) is 5.91 Å². The first kappa shape index (κ1) is 21.3. The van der Waals surface area contributed by atoms with Gasteiger partial charge >= 0.3 is 0 Å². The van der Waals surface area contributed by atoms with E-state index in [1.807, 2.05) is 25.1 Å². The molecule has 9 heteroatoms. The number of fused-ring (bicyclic) bond motifs is 2. The van der Waals surface area contributed by atoms with Gasteiger partial charge in [-0.2, -0.15) is 0 Å². The van der Waals surface area contributed by atoms with E-state index in [0.29, 0.717) is 46.1 Å². The molecule has 3 atom stereocenters. The van der Waals surface area contributed by atoms with Crippen LogP contribution in [0.4, 0.5) is 5.13 Å². The van der Waals surface area contributed by atoms with Crippen LogP contribution < -0.4 is 19.1 Å². The number of nitrogens with zero attached hydrogens (tertiary/aromatic N) is 2. The van der Waals surface area contributed by atoms with Gasteiger partial charge in [-0.3, -0.25) is 9.69 Å². The van der Waals surface area contributed by atoms with E-state index in [1.165, 1.54) is 11.3 Å². The Balaban J connectivity index is 1.52. The molecule has 3 aromatic rings. The van der Waals surface area contributed by atoms with Crippen molar-refractivity contribution in [1.29, 1.82) is 0 Å². The Morgan fingerprint density at radius 2 is 2.03 bits per heavy atom. The summed E-state index contributed by atoms with van der Waals surface area (Å²) in [6.07, 6.45) is 0.529. The van der Waals surface area contributed by atoms with Crippen LogP contribution in [0.2, 0.25) is 5.02 Å². The highest BCUT2D eigenvalue weighted by atomic mass is 35.5. The fraction of sp³-hybridized carbons (Fsp3) is 0.391. The molecule has 0 radical (unpaired) electrons. The Morgan fingerprint density at radius 3 is 2.75 bits per heavy atom. The summed E-state index contributed by atoms with van der Waals surface area (Å²) in [6.45, 7) is 2.91. The van der Waals surface area contributed by atoms with Crippen molar-refractivity contribution in [3.8, 4) is 17.2 Å². The Kier molecular flexibility index (Phi) is 5.84. The van der Waals surface area contributed by atoms with Crippen LogP contribution in [0.1, 0.15) is 19.8 Å². The molecule has 0 saturated carbocycles. The topological polar surface area (TPSA) is 70.1 Å². The normalized spacial score (nSPS) is 22.2. The van der Waals surface area contributed by atoms with Gasteiger partial charge in [0.1, 0.15) is 17.4 Å². The SMILES string of the molecule is COc1ccc(Cl)c2sc(N(CC3CCCO3)C(=O)C3Oc4ccccc4OC3C)nc12. The molecule has 3 heterocycles. The minimum Gasteiger partial charge on any atom is -0.494 e. The van der Waals surface area contributed by atoms with Crippen LogP contribution in [0.15, 0.2) is 36.4 Å². The Hall–Kier alpha value is -2.55. The molecule has 0 spiro atoms. The van der Waals surface area contributed by atoms with E-state index in [2.05, 4.69) is 0 Å². The van der Waals surface area contributed by atoms with Crippen LogP contribution in [-0.4, -0.2) is 49.5 Å². The lowest BCUT2D eigenvalue weighted by Gasteiger charge is -2.34. The fourth-order valence-electron chi connectivity index (χ4n) is 4.02. The number of ether oxygens (including phenoxy) is 4. The number of hydrogen-bond acceptors (Lipinski definition) is 7. The van der Waals surface area contributed by atoms with E-state index in [-0.39, 0.29) is 12.0 Å². The van der Waals surface area contributed by atoms with Gasteiger partial charge in [-0.05, 0) is 44.0 Å². The summed E-state index contributed by atoms with van der Waals surface area (Å²) >= 11 is 7.78. The van der Waals surface area contributed by atoms with Crippen LogP contribution in [0.3, 0.4) is 0 Å². The number of thiazole rings is 1. The van der Waals surface area contributed by atoms with Crippen LogP contribution in [0.25, 0.3) is 10.2 Å². The third-order valence-electron chi connectivity index (χ3n) is 5.66. The second-order valence-corrected chi connectivity index (χ2v) is 9.20. The molecular weight excluding hydrogens is 452 g/mol. The van der Waals surface area contributed by atoms with Gasteiger partial charge in [0.15, 0.2) is 16.6 Å². The number of amides is 1. The highest BCUT2D eigenvalue weighted by molar-refractivity contribution is 7.23. The molecule has 2 aromatic carbocycles. The molecule has 7 nitrogen and oxygen atoms in total. The van der Waals surface area contributed by atoms with Crippen molar-refractivity contribution in [2.45, 2.75) is 38.1 Å². The monoisotopic (exact) mass is 474 g/mol. The van der Waals surface area contributed by atoms with Gasteiger partial charge in [0.05, 0.1) is 29.5 Å². The number of benzene rings is 2. The summed E-state index contributed by atoms with van der Waals surface area (Å²) in [5.74, 6) is 1.56. The second kappa shape index (κ2) is 8.77. The number of carbonyl (C=O) groups excluding carboxylic acids is 1. The predicted octanol–water partition coefficient (Wildman–Crippen LogP) is 4.70. The van der Waals surface area contributed by atoms with Crippen LogP contribution in [0, 0.1) is 0 Å². The average molecular weight is 475 g/mol. The van der Waals surface area contributed by atoms with Gasteiger partial charge < -0.3 is 18.9 Å². The zero-order chi connectivity index (χ0) is 22.2. The number of halogens is 1. The van der Waals surface area contributed by atoms with Crippen LogP contribution in [-0.2, 0) is 9.53 Å². The third-order valence-corrected chi connectivity index (χ3v) is 7.20. The molecular formula is C23H23ClN2O5S. The molecule has 32 heavy (non-hydrogen) atoms. The first-order valence-electron chi connectivity index (χ1n) is 10.5. The number of para-hydroxylation sites is 2. The van der Waals surface area contributed by atoms with Crippen molar-refractivity contribution in [2.75, 3.05) is 25.2 Å². The third kappa shape index (κ3) is 3.87. The molecule has 0 bridgehead atoms. The van der Waals surface area contributed by atoms with Crippen molar-refractivity contribution >= 4 is 44.2 Å². The largest absolute Gasteiger partial charge is 0.494 e. The van der Waals surface area contributed by atoms with Crippen molar-refractivity contribution in [3.05, 3.63) is 41.4 Å². The Morgan fingerprint density at radius 1 is 1.25 bits per heavy atom. The molecule has 0 N–H and O–H groups in total. The molecule has 5 rings (SSSR count). The second-order valence-electron chi connectivity index (χ2n) is 7.82. The summed E-state index contributed by atoms with van der Waals surface area (Å²) in [5, 5.41) is 1.09. The van der Waals surface area contributed by atoms with Crippen molar-refractivity contribution in [2.24, 2.45) is 0 Å². The molecule has 2 aliphatic rings. The maximum atomic E-state index is 13.8. The summed E-state index contributed by atoms with van der Waals surface area (Å²) in [5.41, 5.74) is 0.629. The summed E-state index contributed by atoms with van der Waals surface area (Å²) in [4.78, 5) is 20.2. The number of carbonyl (C=O) groups is 1. The fourth-order valence-corrected chi connectivity index (χ4v) is 5.29. The average Bonchev–Trinajstić information content (AvgIpc) is 3.47. The highest BCUT2D eigenvalue weighted by Crippen LogP contribution is 2.40. The maximum absolute atomic E-state index is 13.8. The van der Waals surface area contributed by atoms with E-state index in [4.69, 9.17) is 35.5 Å². The lowest BCUT2D eigenvalue weighted by atomic mass is 10.1. The van der Waals surface area contributed by atoms with E-state index in [1.54, 1.807) is 30.2 Å². The van der Waals surface area contributed by atoms with Gasteiger partial charge in [-0.15, -0.1) is 0 Å². The number of rotatable bonds is 5. The minimum absolute atomic E-state index is 0.0598. The van der Waals surface area contributed by atoms with Crippen LogP contribution >= 0.6 is 22.9 Å². The van der Waals surface area contributed by atoms with Gasteiger partial charge in [-0.1, -0.05) is 35.1 Å². The Bertz CT molecular complexity index is 1150. The Labute approximate surface area is 194 Å². The van der Waals surface area contributed by atoms with E-state index < -0.39 is 12.2 Å². The van der Waals surface area contributed by atoms with Crippen molar-refractivity contribution in [1.82, 2.24) is 4.98 Å². The first-order chi connectivity index (χ1) is 15.5. The number of methoxy groups -OCH3 is 1.